The minimum Gasteiger partial charge on any atom is -0.399 e. The number of nitrogen functional groups attached to an aromatic ring is 1. The molecule has 2 rings (SSSR count). The highest BCUT2D eigenvalue weighted by Crippen LogP contribution is 2.13. The Labute approximate surface area is 95.0 Å². The normalized spacial score (nSPS) is 9.69. The number of nitrogens with zero attached hydrogens (tertiary/aromatic N) is 1. The van der Waals surface area contributed by atoms with E-state index in [2.05, 4.69) is 12.1 Å². The summed E-state index contributed by atoms with van der Waals surface area (Å²) in [6, 6.07) is 17.6. The lowest BCUT2D eigenvalue weighted by Gasteiger charge is -2.03. The highest BCUT2D eigenvalue weighted by Gasteiger charge is 1.97. The van der Waals surface area contributed by atoms with Crippen molar-refractivity contribution in [3.63, 3.8) is 0 Å². The summed E-state index contributed by atoms with van der Waals surface area (Å²) in [5, 5.41) is 8.69. The molecule has 2 aromatic rings. The first kappa shape index (κ1) is 10.3. The van der Waals surface area contributed by atoms with Gasteiger partial charge in [-0.05, 0) is 41.8 Å². The Morgan fingerprint density at radius 3 is 2.38 bits per heavy atom. The number of rotatable bonds is 2. The molecule has 0 radical (unpaired) electrons. The van der Waals surface area contributed by atoms with E-state index in [1.54, 1.807) is 0 Å². The lowest BCUT2D eigenvalue weighted by Crippen LogP contribution is -1.91. The van der Waals surface area contributed by atoms with Crippen LogP contribution in [0.15, 0.2) is 48.5 Å². The Balaban J connectivity index is 2.18. The number of anilines is 1. The van der Waals surface area contributed by atoms with E-state index in [-0.39, 0.29) is 0 Å². The summed E-state index contributed by atoms with van der Waals surface area (Å²) in [6.45, 7) is 0. The molecule has 0 aliphatic rings. The predicted molar refractivity (Wildman–Crippen MR) is 64.8 cm³/mol. The van der Waals surface area contributed by atoms with Crippen LogP contribution in [0.4, 0.5) is 5.69 Å². The third-order valence-electron chi connectivity index (χ3n) is 2.44. The van der Waals surface area contributed by atoms with Gasteiger partial charge >= 0.3 is 0 Å². The SMILES string of the molecule is N#Cc1ccc(Cc2cccc(N)c2)cc1. The van der Waals surface area contributed by atoms with Gasteiger partial charge in [-0.3, -0.25) is 0 Å². The molecule has 0 unspecified atom stereocenters. The Bertz CT molecular complexity index is 521. The van der Waals surface area contributed by atoms with Crippen LogP contribution in [0.1, 0.15) is 16.7 Å². The molecule has 0 bridgehead atoms. The fourth-order valence-corrected chi connectivity index (χ4v) is 1.64. The summed E-state index contributed by atoms with van der Waals surface area (Å²) < 4.78 is 0. The maximum Gasteiger partial charge on any atom is 0.0991 e. The van der Waals surface area contributed by atoms with Crippen LogP contribution >= 0.6 is 0 Å². The first-order valence-electron chi connectivity index (χ1n) is 5.11. The summed E-state index contributed by atoms with van der Waals surface area (Å²) in [4.78, 5) is 0. The summed E-state index contributed by atoms with van der Waals surface area (Å²) in [5.41, 5.74) is 9.56. The monoisotopic (exact) mass is 208 g/mol. The van der Waals surface area contributed by atoms with Crippen LogP contribution in [-0.2, 0) is 6.42 Å². The van der Waals surface area contributed by atoms with Crippen molar-refractivity contribution in [1.82, 2.24) is 0 Å². The molecule has 0 aliphatic carbocycles. The molecule has 78 valence electrons. The number of hydrogen-bond acceptors (Lipinski definition) is 2. The quantitative estimate of drug-likeness (QED) is 0.771. The predicted octanol–water partition coefficient (Wildman–Crippen LogP) is 2.73. The Morgan fingerprint density at radius 1 is 1.00 bits per heavy atom. The van der Waals surface area contributed by atoms with E-state index >= 15 is 0 Å². The molecule has 2 N–H and O–H groups in total. The van der Waals surface area contributed by atoms with E-state index in [1.165, 1.54) is 11.1 Å². The topological polar surface area (TPSA) is 49.8 Å². The zero-order valence-corrected chi connectivity index (χ0v) is 8.85. The van der Waals surface area contributed by atoms with Gasteiger partial charge < -0.3 is 5.73 Å². The van der Waals surface area contributed by atoms with Crippen molar-refractivity contribution in [2.45, 2.75) is 6.42 Å². The first-order chi connectivity index (χ1) is 7.78. The van der Waals surface area contributed by atoms with Crippen LogP contribution in [0.25, 0.3) is 0 Å². The molecular weight excluding hydrogens is 196 g/mol. The Kier molecular flexibility index (Phi) is 2.88. The van der Waals surface area contributed by atoms with E-state index in [9.17, 15) is 0 Å². The minimum atomic E-state index is 0.691. The second-order valence-corrected chi connectivity index (χ2v) is 3.73. The van der Waals surface area contributed by atoms with Crippen LogP contribution in [0.5, 0.6) is 0 Å². The molecule has 2 aromatic carbocycles. The van der Waals surface area contributed by atoms with Crippen molar-refractivity contribution >= 4 is 5.69 Å². The summed E-state index contributed by atoms with van der Waals surface area (Å²) >= 11 is 0. The maximum atomic E-state index is 8.69. The second-order valence-electron chi connectivity index (χ2n) is 3.73. The Morgan fingerprint density at radius 2 is 1.75 bits per heavy atom. The van der Waals surface area contributed by atoms with E-state index < -0.39 is 0 Å². The molecule has 0 aliphatic heterocycles. The summed E-state index contributed by atoms with van der Waals surface area (Å²) in [6.07, 6.45) is 0.844. The van der Waals surface area contributed by atoms with Crippen molar-refractivity contribution < 1.29 is 0 Å². The van der Waals surface area contributed by atoms with Crippen molar-refractivity contribution in [1.29, 1.82) is 5.26 Å². The molecule has 16 heavy (non-hydrogen) atoms. The van der Waals surface area contributed by atoms with Crippen molar-refractivity contribution in [3.8, 4) is 6.07 Å². The third kappa shape index (κ3) is 2.40. The van der Waals surface area contributed by atoms with Crippen molar-refractivity contribution in [2.24, 2.45) is 0 Å². The fraction of sp³-hybridized carbons (Fsp3) is 0.0714. The number of hydrogen-bond donors (Lipinski definition) is 1. The number of nitrogens with two attached hydrogens (primary N) is 1. The lowest BCUT2D eigenvalue weighted by atomic mass is 10.0. The van der Waals surface area contributed by atoms with Crippen molar-refractivity contribution in [2.75, 3.05) is 5.73 Å². The van der Waals surface area contributed by atoms with Crippen LogP contribution in [0.2, 0.25) is 0 Å². The first-order valence-corrected chi connectivity index (χ1v) is 5.11. The second kappa shape index (κ2) is 4.50. The molecular formula is C14H12N2. The van der Waals surface area contributed by atoms with Gasteiger partial charge in [0.1, 0.15) is 0 Å². The van der Waals surface area contributed by atoms with Gasteiger partial charge in [-0.2, -0.15) is 5.26 Å². The zero-order chi connectivity index (χ0) is 11.4. The molecule has 0 aromatic heterocycles. The van der Waals surface area contributed by atoms with Crippen LogP contribution in [0.3, 0.4) is 0 Å². The average molecular weight is 208 g/mol. The standard InChI is InChI=1S/C14H12N2/c15-10-12-6-4-11(5-7-12)8-13-2-1-3-14(16)9-13/h1-7,9H,8,16H2. The van der Waals surface area contributed by atoms with E-state index in [0.29, 0.717) is 5.56 Å². The molecule has 0 heterocycles. The lowest BCUT2D eigenvalue weighted by molar-refractivity contribution is 1.19. The van der Waals surface area contributed by atoms with Gasteiger partial charge in [0, 0.05) is 5.69 Å². The molecule has 0 spiro atoms. The molecule has 0 saturated carbocycles. The van der Waals surface area contributed by atoms with E-state index in [0.717, 1.165) is 12.1 Å². The van der Waals surface area contributed by atoms with Gasteiger partial charge in [-0.25, -0.2) is 0 Å². The van der Waals surface area contributed by atoms with Gasteiger partial charge in [0.2, 0.25) is 0 Å². The molecule has 0 saturated heterocycles. The van der Waals surface area contributed by atoms with Gasteiger partial charge in [-0.15, -0.1) is 0 Å². The Hall–Kier alpha value is -2.27. The fourth-order valence-electron chi connectivity index (χ4n) is 1.64. The third-order valence-corrected chi connectivity index (χ3v) is 2.44. The number of benzene rings is 2. The van der Waals surface area contributed by atoms with E-state index in [4.69, 9.17) is 11.0 Å². The molecule has 2 heteroatoms. The minimum absolute atomic E-state index is 0.691. The summed E-state index contributed by atoms with van der Waals surface area (Å²) in [5.74, 6) is 0. The van der Waals surface area contributed by atoms with Gasteiger partial charge in [0.25, 0.3) is 0 Å². The van der Waals surface area contributed by atoms with Crippen LogP contribution in [-0.4, -0.2) is 0 Å². The average Bonchev–Trinajstić information content (AvgIpc) is 2.30. The van der Waals surface area contributed by atoms with Gasteiger partial charge in [0.15, 0.2) is 0 Å². The van der Waals surface area contributed by atoms with Crippen LogP contribution < -0.4 is 5.73 Å². The summed E-state index contributed by atoms with van der Waals surface area (Å²) in [7, 11) is 0. The van der Waals surface area contributed by atoms with Crippen molar-refractivity contribution in [3.05, 3.63) is 65.2 Å². The van der Waals surface area contributed by atoms with Gasteiger partial charge in [0.05, 0.1) is 11.6 Å². The number of nitriles is 1. The van der Waals surface area contributed by atoms with Gasteiger partial charge in [-0.1, -0.05) is 24.3 Å². The zero-order valence-electron chi connectivity index (χ0n) is 8.85. The smallest absolute Gasteiger partial charge is 0.0991 e. The molecule has 0 fully saturated rings. The maximum absolute atomic E-state index is 8.69. The van der Waals surface area contributed by atoms with E-state index in [1.807, 2.05) is 42.5 Å². The molecule has 0 amide bonds. The molecule has 0 atom stereocenters. The highest BCUT2D eigenvalue weighted by molar-refractivity contribution is 5.42. The molecule has 2 nitrogen and oxygen atoms in total. The highest BCUT2D eigenvalue weighted by atomic mass is 14.5. The van der Waals surface area contributed by atoms with Crippen LogP contribution in [0, 0.1) is 11.3 Å². The largest absolute Gasteiger partial charge is 0.399 e.